The predicted octanol–water partition coefficient (Wildman–Crippen LogP) is 3.92. The summed E-state index contributed by atoms with van der Waals surface area (Å²) in [6.45, 7) is 0. The summed E-state index contributed by atoms with van der Waals surface area (Å²) in [7, 11) is -7.35. The van der Waals surface area contributed by atoms with Gasteiger partial charge in [-0.25, -0.2) is 22.6 Å². The molecule has 0 bridgehead atoms. The molecule has 1 aromatic heterocycles. The van der Waals surface area contributed by atoms with Crippen LogP contribution < -0.4 is 10.5 Å². The molecule has 0 aliphatic heterocycles. The molecule has 14 heteroatoms. The lowest BCUT2D eigenvalue weighted by molar-refractivity contribution is 0.0817. The average Bonchev–Trinajstić information content (AvgIpc) is 3.29. The van der Waals surface area contributed by atoms with Crippen LogP contribution in [0.2, 0.25) is 0 Å². The van der Waals surface area contributed by atoms with E-state index in [0.29, 0.717) is 22.5 Å². The Kier molecular flexibility index (Phi) is 8.02. The van der Waals surface area contributed by atoms with Gasteiger partial charge in [0.15, 0.2) is 11.9 Å². The molecule has 4 N–H and O–H groups in total. The van der Waals surface area contributed by atoms with Crippen LogP contribution in [0.4, 0.5) is 4.39 Å². The molecule has 1 heterocycles. The molecule has 0 saturated carbocycles. The minimum Gasteiger partial charge on any atom is -0.326 e. The maximum absolute atomic E-state index is 13.5. The lowest BCUT2D eigenvalue weighted by Gasteiger charge is -2.17. The van der Waals surface area contributed by atoms with Crippen molar-refractivity contribution in [2.45, 2.75) is 11.1 Å². The number of benzene rings is 3. The van der Waals surface area contributed by atoms with Gasteiger partial charge in [-0.15, -0.1) is 0 Å². The summed E-state index contributed by atoms with van der Waals surface area (Å²) < 4.78 is 55.4. The Morgan fingerprint density at radius 1 is 1.08 bits per heavy atom. The van der Waals surface area contributed by atoms with Crippen molar-refractivity contribution in [1.29, 1.82) is 0 Å². The normalized spacial score (nSPS) is 13.2. The number of hydrogen-bond acceptors (Lipinski definition) is 6. The van der Waals surface area contributed by atoms with Gasteiger partial charge in [-0.1, -0.05) is 28.1 Å². The van der Waals surface area contributed by atoms with Gasteiger partial charge in [0, 0.05) is 15.6 Å². The van der Waals surface area contributed by atoms with E-state index in [4.69, 9.17) is 9.66 Å². The van der Waals surface area contributed by atoms with Crippen LogP contribution in [0, 0.1) is 5.82 Å². The molecule has 0 fully saturated rings. The lowest BCUT2D eigenvalue weighted by atomic mass is 10.1. The number of carbonyl (C=O) groups is 1. The Labute approximate surface area is 220 Å². The molecule has 192 valence electrons. The van der Waals surface area contributed by atoms with Crippen LogP contribution in [-0.4, -0.2) is 29.0 Å². The highest BCUT2D eigenvalue weighted by Gasteiger charge is 2.22. The van der Waals surface area contributed by atoms with E-state index in [1.807, 2.05) is 0 Å². The molecule has 2 atom stereocenters. The second kappa shape index (κ2) is 11.1. The van der Waals surface area contributed by atoms with E-state index in [0.717, 1.165) is 4.47 Å². The van der Waals surface area contributed by atoms with E-state index in [9.17, 15) is 27.1 Å². The number of sulfonamides is 1. The first-order chi connectivity index (χ1) is 17.5. The number of nitrogens with two attached hydrogens (primary N) is 1. The minimum absolute atomic E-state index is 0.0850. The van der Waals surface area contributed by atoms with Crippen LogP contribution in [0.25, 0.3) is 16.9 Å². The SMILES string of the molecule is NS(=O)(=O)c1ccc(-n2nc(C(=O)NC(O[PH](=O)O)c3ccc(Br)cc3)cc2-c2ccc(F)cc2)cc1. The van der Waals surface area contributed by atoms with Crippen LogP contribution in [0.1, 0.15) is 22.3 Å². The summed E-state index contributed by atoms with van der Waals surface area (Å²) in [5.41, 5.74) is 1.64. The zero-order valence-electron chi connectivity index (χ0n) is 18.7. The third-order valence-corrected chi connectivity index (χ3v) is 7.04. The first kappa shape index (κ1) is 26.9. The summed E-state index contributed by atoms with van der Waals surface area (Å²) in [5.74, 6) is -1.18. The maximum atomic E-state index is 13.5. The van der Waals surface area contributed by atoms with Gasteiger partial charge in [-0.05, 0) is 66.7 Å². The highest BCUT2D eigenvalue weighted by atomic mass is 79.9. The highest BCUT2D eigenvalue weighted by molar-refractivity contribution is 9.10. The molecule has 10 nitrogen and oxygen atoms in total. The maximum Gasteiger partial charge on any atom is 0.318 e. The predicted molar refractivity (Wildman–Crippen MR) is 137 cm³/mol. The topological polar surface area (TPSA) is 154 Å². The molecule has 37 heavy (non-hydrogen) atoms. The third-order valence-electron chi connectivity index (χ3n) is 5.15. The number of nitrogens with zero attached hydrogens (tertiary/aromatic N) is 2. The van der Waals surface area contributed by atoms with Crippen molar-refractivity contribution >= 4 is 40.1 Å². The van der Waals surface area contributed by atoms with Crippen LogP contribution >= 0.6 is 24.2 Å². The summed E-state index contributed by atoms with van der Waals surface area (Å²) in [6.07, 6.45) is -1.24. The lowest BCUT2D eigenvalue weighted by Crippen LogP contribution is -2.29. The standard InChI is InChI=1S/C23H19BrFN4O6PS/c24-16-5-1-15(2-6-16)23(35-36(31)32)27-22(30)20-13-21(14-3-7-17(25)8-4-14)29(28-20)18-9-11-19(12-10-18)37(26,33)34/h1-13,23,36H,(H,27,30)(H,31,32)(H2,26,33,34). The quantitative estimate of drug-likeness (QED) is 0.202. The Balaban J connectivity index is 1.73. The number of nitrogens with one attached hydrogen (secondary N) is 1. The fraction of sp³-hybridized carbons (Fsp3) is 0.0435. The third kappa shape index (κ3) is 6.58. The number of carbonyl (C=O) groups excluding carboxylic acids is 1. The Hall–Kier alpha value is -3.19. The first-order valence-electron chi connectivity index (χ1n) is 10.5. The van der Waals surface area contributed by atoms with Crippen molar-refractivity contribution in [2.24, 2.45) is 5.14 Å². The van der Waals surface area contributed by atoms with Crippen LogP contribution in [0.15, 0.2) is 88.2 Å². The molecule has 4 rings (SSSR count). The van der Waals surface area contributed by atoms with Gasteiger partial charge in [0.25, 0.3) is 5.91 Å². The summed E-state index contributed by atoms with van der Waals surface area (Å²) in [4.78, 5) is 22.4. The van der Waals surface area contributed by atoms with E-state index in [2.05, 4.69) is 26.3 Å². The van der Waals surface area contributed by atoms with Gasteiger partial charge in [-0.3, -0.25) is 13.9 Å². The molecule has 0 spiro atoms. The molecule has 0 aliphatic rings. The molecular formula is C23H19BrFN4O6PS. The zero-order valence-corrected chi connectivity index (χ0v) is 22.1. The van der Waals surface area contributed by atoms with Gasteiger partial charge in [0.2, 0.25) is 10.0 Å². The number of hydrogen-bond donors (Lipinski definition) is 3. The number of rotatable bonds is 8. The molecule has 0 radical (unpaired) electrons. The van der Waals surface area contributed by atoms with E-state index in [1.165, 1.54) is 59.3 Å². The van der Waals surface area contributed by atoms with Crippen molar-refractivity contribution in [2.75, 3.05) is 0 Å². The van der Waals surface area contributed by atoms with Crippen molar-refractivity contribution < 1.29 is 31.6 Å². The number of aromatic nitrogens is 2. The fourth-order valence-corrected chi connectivity index (χ4v) is 4.58. The van der Waals surface area contributed by atoms with Gasteiger partial charge >= 0.3 is 8.25 Å². The Bertz CT molecular complexity index is 1560. The molecule has 3 aromatic carbocycles. The van der Waals surface area contributed by atoms with Gasteiger partial charge in [0.05, 0.1) is 16.3 Å². The van der Waals surface area contributed by atoms with Crippen molar-refractivity contribution in [3.63, 3.8) is 0 Å². The number of halogens is 2. The second-order valence-corrected chi connectivity index (χ2v) is 10.9. The first-order valence-corrected chi connectivity index (χ1v) is 14.1. The van der Waals surface area contributed by atoms with E-state index < -0.39 is 36.2 Å². The minimum atomic E-state index is -3.93. The van der Waals surface area contributed by atoms with Crippen molar-refractivity contribution in [3.05, 3.63) is 100 Å². The van der Waals surface area contributed by atoms with Gasteiger partial charge < -0.3 is 10.2 Å². The summed E-state index contributed by atoms with van der Waals surface area (Å²) in [5, 5.41) is 12.1. The van der Waals surface area contributed by atoms with Gasteiger partial charge in [0.1, 0.15) is 5.82 Å². The molecule has 4 aromatic rings. The van der Waals surface area contributed by atoms with E-state index in [-0.39, 0.29) is 10.6 Å². The highest BCUT2D eigenvalue weighted by Crippen LogP contribution is 2.29. The van der Waals surface area contributed by atoms with Crippen LogP contribution in [-0.2, 0) is 19.1 Å². The Morgan fingerprint density at radius 3 is 2.27 bits per heavy atom. The molecule has 1 amide bonds. The molecule has 0 aliphatic carbocycles. The molecular weight excluding hydrogens is 590 g/mol. The van der Waals surface area contributed by atoms with Gasteiger partial charge in [-0.2, -0.15) is 5.10 Å². The average molecular weight is 609 g/mol. The van der Waals surface area contributed by atoms with Crippen LogP contribution in [0.3, 0.4) is 0 Å². The second-order valence-electron chi connectivity index (χ2n) is 7.66. The van der Waals surface area contributed by atoms with Crippen molar-refractivity contribution in [1.82, 2.24) is 15.1 Å². The monoisotopic (exact) mass is 608 g/mol. The van der Waals surface area contributed by atoms with E-state index >= 15 is 0 Å². The molecule has 2 unspecified atom stereocenters. The van der Waals surface area contributed by atoms with E-state index in [1.54, 1.807) is 24.3 Å². The Morgan fingerprint density at radius 2 is 1.70 bits per heavy atom. The fourth-order valence-electron chi connectivity index (χ4n) is 3.40. The number of primary sulfonamides is 1. The summed E-state index contributed by atoms with van der Waals surface area (Å²) >= 11 is 3.30. The number of amides is 1. The van der Waals surface area contributed by atoms with Crippen molar-refractivity contribution in [3.8, 4) is 16.9 Å². The largest absolute Gasteiger partial charge is 0.326 e. The summed E-state index contributed by atoms with van der Waals surface area (Å²) in [6, 6.07) is 19.0. The zero-order chi connectivity index (χ0) is 26.7. The smallest absolute Gasteiger partial charge is 0.318 e. The van der Waals surface area contributed by atoms with Crippen LogP contribution in [0.5, 0.6) is 0 Å². The molecule has 0 saturated heterocycles.